The molecular formula is C13H13BrN2O3S. The van der Waals surface area contributed by atoms with Gasteiger partial charge in [-0.2, -0.15) is 0 Å². The lowest BCUT2D eigenvalue weighted by molar-refractivity contribution is 0.277. The van der Waals surface area contributed by atoms with Crippen LogP contribution in [-0.2, 0) is 16.6 Å². The summed E-state index contributed by atoms with van der Waals surface area (Å²) in [5, 5.41) is 9.07. The first-order valence-corrected chi connectivity index (χ1v) is 8.05. The minimum absolute atomic E-state index is 0.156. The van der Waals surface area contributed by atoms with Gasteiger partial charge in [-0.1, -0.05) is 33.6 Å². The molecule has 2 N–H and O–H groups in total. The van der Waals surface area contributed by atoms with Gasteiger partial charge in [-0.05, 0) is 31.2 Å². The molecule has 2 rings (SSSR count). The van der Waals surface area contributed by atoms with Crippen LogP contribution >= 0.6 is 15.9 Å². The average molecular weight is 357 g/mol. The average Bonchev–Trinajstić information content (AvgIpc) is 2.37. The summed E-state index contributed by atoms with van der Waals surface area (Å²) in [5.74, 6) is 0.156. The molecule has 0 spiro atoms. The molecule has 0 radical (unpaired) electrons. The van der Waals surface area contributed by atoms with Gasteiger partial charge < -0.3 is 5.11 Å². The molecule has 1 heterocycles. The summed E-state index contributed by atoms with van der Waals surface area (Å²) in [7, 11) is -3.69. The molecule has 0 unspecified atom stereocenters. The van der Waals surface area contributed by atoms with Crippen molar-refractivity contribution in [3.63, 3.8) is 0 Å². The van der Waals surface area contributed by atoms with Crippen molar-refractivity contribution in [3.05, 3.63) is 52.1 Å². The highest BCUT2D eigenvalue weighted by atomic mass is 79.9. The van der Waals surface area contributed by atoms with E-state index in [1.165, 1.54) is 18.2 Å². The van der Waals surface area contributed by atoms with E-state index in [9.17, 15) is 8.42 Å². The second kappa shape index (κ2) is 5.90. The van der Waals surface area contributed by atoms with Gasteiger partial charge in [0.15, 0.2) is 0 Å². The lowest BCUT2D eigenvalue weighted by Crippen LogP contribution is -2.14. The number of aromatic nitrogens is 1. The molecule has 0 aliphatic carbocycles. The highest BCUT2D eigenvalue weighted by Crippen LogP contribution is 2.20. The fourth-order valence-electron chi connectivity index (χ4n) is 1.60. The first kappa shape index (κ1) is 15.0. The van der Waals surface area contributed by atoms with Crippen LogP contribution in [0.1, 0.15) is 11.3 Å². The van der Waals surface area contributed by atoms with E-state index < -0.39 is 10.0 Å². The van der Waals surface area contributed by atoms with E-state index in [4.69, 9.17) is 5.11 Å². The number of benzene rings is 1. The highest BCUT2D eigenvalue weighted by molar-refractivity contribution is 9.10. The van der Waals surface area contributed by atoms with E-state index in [1.807, 2.05) is 6.92 Å². The Kier molecular flexibility index (Phi) is 4.42. The standard InChI is InChI=1S/C13H13BrN2O3S/c1-9-2-4-12(5-3-9)20(18,19)16-13-7-10(14)6-11(8-17)15-13/h2-7,17H,8H2,1H3,(H,15,16). The van der Waals surface area contributed by atoms with E-state index in [2.05, 4.69) is 25.6 Å². The summed E-state index contributed by atoms with van der Waals surface area (Å²) >= 11 is 3.24. The molecule has 0 atom stereocenters. The van der Waals surface area contributed by atoms with Gasteiger partial charge in [-0.3, -0.25) is 4.72 Å². The molecule has 2 aromatic rings. The van der Waals surface area contributed by atoms with Crippen molar-refractivity contribution >= 4 is 31.8 Å². The van der Waals surface area contributed by atoms with Crippen LogP contribution < -0.4 is 4.72 Å². The van der Waals surface area contributed by atoms with Gasteiger partial charge in [-0.25, -0.2) is 13.4 Å². The molecule has 20 heavy (non-hydrogen) atoms. The maximum atomic E-state index is 12.2. The molecule has 0 amide bonds. The van der Waals surface area contributed by atoms with Crippen molar-refractivity contribution in [3.8, 4) is 0 Å². The van der Waals surface area contributed by atoms with Gasteiger partial charge in [0.2, 0.25) is 0 Å². The fraction of sp³-hybridized carbons (Fsp3) is 0.154. The Morgan fingerprint density at radius 3 is 2.50 bits per heavy atom. The normalized spacial score (nSPS) is 11.3. The summed E-state index contributed by atoms with van der Waals surface area (Å²) in [5.41, 5.74) is 1.35. The van der Waals surface area contributed by atoms with Crippen LogP contribution in [0.25, 0.3) is 0 Å². The molecule has 7 heteroatoms. The molecule has 0 aliphatic rings. The monoisotopic (exact) mass is 356 g/mol. The van der Waals surface area contributed by atoms with Gasteiger partial charge in [0.05, 0.1) is 17.2 Å². The second-order valence-corrected chi connectivity index (χ2v) is 6.84. The van der Waals surface area contributed by atoms with E-state index >= 15 is 0 Å². The molecule has 0 saturated heterocycles. The molecular weight excluding hydrogens is 344 g/mol. The number of hydrogen-bond acceptors (Lipinski definition) is 4. The summed E-state index contributed by atoms with van der Waals surface area (Å²) in [4.78, 5) is 4.17. The van der Waals surface area contributed by atoms with Gasteiger partial charge in [-0.15, -0.1) is 0 Å². The van der Waals surface area contributed by atoms with Crippen molar-refractivity contribution < 1.29 is 13.5 Å². The number of aliphatic hydroxyl groups is 1. The number of aryl methyl sites for hydroxylation is 1. The number of anilines is 1. The molecule has 1 aromatic carbocycles. The van der Waals surface area contributed by atoms with E-state index in [0.29, 0.717) is 10.2 Å². The van der Waals surface area contributed by atoms with Crippen molar-refractivity contribution in [2.75, 3.05) is 4.72 Å². The highest BCUT2D eigenvalue weighted by Gasteiger charge is 2.15. The third kappa shape index (κ3) is 3.56. The number of nitrogens with zero attached hydrogens (tertiary/aromatic N) is 1. The SMILES string of the molecule is Cc1ccc(S(=O)(=O)Nc2cc(Br)cc(CO)n2)cc1. The minimum Gasteiger partial charge on any atom is -0.390 e. The molecule has 5 nitrogen and oxygen atoms in total. The van der Waals surface area contributed by atoms with Crippen LogP contribution in [-0.4, -0.2) is 18.5 Å². The van der Waals surface area contributed by atoms with Crippen LogP contribution in [0.2, 0.25) is 0 Å². The number of pyridine rings is 1. The van der Waals surface area contributed by atoms with Gasteiger partial charge in [0, 0.05) is 4.47 Å². The van der Waals surface area contributed by atoms with Crippen LogP contribution in [0, 0.1) is 6.92 Å². The van der Waals surface area contributed by atoms with Crippen LogP contribution in [0.15, 0.2) is 45.8 Å². The van der Waals surface area contributed by atoms with E-state index in [1.54, 1.807) is 18.2 Å². The topological polar surface area (TPSA) is 79.3 Å². The van der Waals surface area contributed by atoms with Crippen molar-refractivity contribution in [1.82, 2.24) is 4.98 Å². The number of rotatable bonds is 4. The third-order valence-electron chi connectivity index (χ3n) is 2.58. The lowest BCUT2D eigenvalue weighted by atomic mass is 10.2. The fourth-order valence-corrected chi connectivity index (χ4v) is 3.07. The molecule has 1 aromatic heterocycles. The predicted octanol–water partition coefficient (Wildman–Crippen LogP) is 2.45. The van der Waals surface area contributed by atoms with Crippen LogP contribution in [0.5, 0.6) is 0 Å². The Bertz CT molecular complexity index is 715. The molecule has 0 fully saturated rings. The zero-order valence-corrected chi connectivity index (χ0v) is 13.1. The number of hydrogen-bond donors (Lipinski definition) is 2. The van der Waals surface area contributed by atoms with Gasteiger partial charge >= 0.3 is 0 Å². The van der Waals surface area contributed by atoms with Gasteiger partial charge in [0.1, 0.15) is 5.82 Å². The summed E-state index contributed by atoms with van der Waals surface area (Å²) < 4.78 is 27.4. The van der Waals surface area contributed by atoms with Gasteiger partial charge in [0.25, 0.3) is 10.0 Å². The zero-order valence-electron chi connectivity index (χ0n) is 10.7. The van der Waals surface area contributed by atoms with Crippen molar-refractivity contribution in [1.29, 1.82) is 0 Å². The Hall–Kier alpha value is -1.44. The Morgan fingerprint density at radius 1 is 1.25 bits per heavy atom. The molecule has 106 valence electrons. The number of nitrogens with one attached hydrogen (secondary N) is 1. The van der Waals surface area contributed by atoms with Crippen molar-refractivity contribution in [2.24, 2.45) is 0 Å². The third-order valence-corrected chi connectivity index (χ3v) is 4.40. The number of sulfonamides is 1. The maximum absolute atomic E-state index is 12.2. The summed E-state index contributed by atoms with van der Waals surface area (Å²) in [6.45, 7) is 1.62. The molecule has 0 saturated carbocycles. The summed E-state index contributed by atoms with van der Waals surface area (Å²) in [6.07, 6.45) is 0. The second-order valence-electron chi connectivity index (χ2n) is 4.24. The number of halogens is 1. The van der Waals surface area contributed by atoms with Crippen LogP contribution in [0.4, 0.5) is 5.82 Å². The minimum atomic E-state index is -3.69. The smallest absolute Gasteiger partial charge is 0.263 e. The Balaban J connectivity index is 2.33. The quantitative estimate of drug-likeness (QED) is 0.881. The first-order valence-electron chi connectivity index (χ1n) is 5.77. The first-order chi connectivity index (χ1) is 9.40. The lowest BCUT2D eigenvalue weighted by Gasteiger charge is -2.09. The Morgan fingerprint density at radius 2 is 1.90 bits per heavy atom. The molecule has 0 bridgehead atoms. The summed E-state index contributed by atoms with van der Waals surface area (Å²) in [6, 6.07) is 9.66. The van der Waals surface area contributed by atoms with Crippen molar-refractivity contribution in [2.45, 2.75) is 18.4 Å². The van der Waals surface area contributed by atoms with Crippen LogP contribution in [0.3, 0.4) is 0 Å². The van der Waals surface area contributed by atoms with E-state index in [0.717, 1.165) is 5.56 Å². The largest absolute Gasteiger partial charge is 0.390 e. The Labute approximate surface area is 125 Å². The predicted molar refractivity (Wildman–Crippen MR) is 79.8 cm³/mol. The zero-order chi connectivity index (χ0) is 14.8. The molecule has 0 aliphatic heterocycles. The number of aliphatic hydroxyl groups excluding tert-OH is 1. The van der Waals surface area contributed by atoms with E-state index in [-0.39, 0.29) is 17.3 Å². The maximum Gasteiger partial charge on any atom is 0.263 e.